The van der Waals surface area contributed by atoms with Crippen molar-refractivity contribution in [3.05, 3.63) is 29.8 Å². The molecule has 1 heterocycles. The van der Waals surface area contributed by atoms with Gasteiger partial charge in [-0.3, -0.25) is 4.79 Å². The number of amides is 1. The second kappa shape index (κ2) is 6.53. The molecule has 0 aromatic heterocycles. The van der Waals surface area contributed by atoms with E-state index in [4.69, 9.17) is 5.73 Å². The Morgan fingerprint density at radius 1 is 1.40 bits per heavy atom. The van der Waals surface area contributed by atoms with Gasteiger partial charge in [-0.25, -0.2) is 0 Å². The first kappa shape index (κ1) is 15.2. The average molecular weight is 292 g/mol. The van der Waals surface area contributed by atoms with Gasteiger partial charge in [0.25, 0.3) is 0 Å². The van der Waals surface area contributed by atoms with Gasteiger partial charge in [0.05, 0.1) is 4.75 Å². The van der Waals surface area contributed by atoms with E-state index in [2.05, 4.69) is 13.8 Å². The van der Waals surface area contributed by atoms with Crippen LogP contribution < -0.4 is 5.73 Å². The summed E-state index contributed by atoms with van der Waals surface area (Å²) in [6.45, 7) is 5.72. The molecule has 0 spiro atoms. The first-order valence-corrected chi connectivity index (χ1v) is 8.31. The highest BCUT2D eigenvalue weighted by molar-refractivity contribution is 8.01. The lowest BCUT2D eigenvalue weighted by Gasteiger charge is -2.31. The zero-order valence-electron chi connectivity index (χ0n) is 12.4. The second-order valence-corrected chi connectivity index (χ2v) is 7.25. The van der Waals surface area contributed by atoms with E-state index in [0.717, 1.165) is 42.8 Å². The molecule has 1 atom stereocenters. The highest BCUT2D eigenvalue weighted by Crippen LogP contribution is 2.39. The van der Waals surface area contributed by atoms with Crippen LogP contribution in [0.3, 0.4) is 0 Å². The Morgan fingerprint density at radius 3 is 2.65 bits per heavy atom. The van der Waals surface area contributed by atoms with Crippen LogP contribution in [0.2, 0.25) is 0 Å². The summed E-state index contributed by atoms with van der Waals surface area (Å²) in [4.78, 5) is 14.8. The fourth-order valence-electron chi connectivity index (χ4n) is 2.65. The number of nitrogens with two attached hydrogens (primary N) is 1. The molecule has 1 saturated heterocycles. The molecule has 1 aliphatic rings. The maximum atomic E-state index is 12.8. The number of benzene rings is 1. The number of rotatable bonds is 5. The van der Waals surface area contributed by atoms with E-state index < -0.39 is 0 Å². The SMILES string of the molecule is CCCN(Cc1ccc(N)cc1)C(=O)C1(C)CCCS1. The topological polar surface area (TPSA) is 46.3 Å². The fourth-order valence-corrected chi connectivity index (χ4v) is 3.93. The number of nitrogen functional groups attached to an aromatic ring is 1. The number of carbonyl (C=O) groups excluding carboxylic acids is 1. The van der Waals surface area contributed by atoms with Crippen molar-refractivity contribution in [3.8, 4) is 0 Å². The molecule has 110 valence electrons. The Balaban J connectivity index is 2.10. The van der Waals surface area contributed by atoms with E-state index in [9.17, 15) is 4.79 Å². The van der Waals surface area contributed by atoms with Gasteiger partial charge in [-0.15, -0.1) is 11.8 Å². The van der Waals surface area contributed by atoms with Gasteiger partial charge in [-0.2, -0.15) is 0 Å². The minimum atomic E-state index is -0.219. The van der Waals surface area contributed by atoms with Crippen molar-refractivity contribution in [1.29, 1.82) is 0 Å². The number of nitrogens with zero attached hydrogens (tertiary/aromatic N) is 1. The van der Waals surface area contributed by atoms with E-state index in [1.54, 1.807) is 0 Å². The van der Waals surface area contributed by atoms with E-state index >= 15 is 0 Å². The molecule has 20 heavy (non-hydrogen) atoms. The van der Waals surface area contributed by atoms with Crippen molar-refractivity contribution in [2.24, 2.45) is 0 Å². The lowest BCUT2D eigenvalue weighted by molar-refractivity contribution is -0.134. The molecular formula is C16H24N2OS. The number of hydrogen-bond donors (Lipinski definition) is 1. The summed E-state index contributed by atoms with van der Waals surface area (Å²) in [5, 5.41) is 0. The predicted molar refractivity (Wildman–Crippen MR) is 86.7 cm³/mol. The summed E-state index contributed by atoms with van der Waals surface area (Å²) in [5.74, 6) is 1.39. The van der Waals surface area contributed by atoms with Crippen molar-refractivity contribution in [2.75, 3.05) is 18.0 Å². The lowest BCUT2D eigenvalue weighted by Crippen LogP contribution is -2.43. The Morgan fingerprint density at radius 2 is 2.10 bits per heavy atom. The van der Waals surface area contributed by atoms with Crippen LogP contribution >= 0.6 is 11.8 Å². The Labute approximate surface area is 125 Å². The van der Waals surface area contributed by atoms with Crippen LogP contribution in [0.1, 0.15) is 38.7 Å². The van der Waals surface area contributed by atoms with Gasteiger partial charge in [0.1, 0.15) is 0 Å². The van der Waals surface area contributed by atoms with Crippen LogP contribution in [-0.2, 0) is 11.3 Å². The fraction of sp³-hybridized carbons (Fsp3) is 0.562. The van der Waals surface area contributed by atoms with Crippen LogP contribution in [0.4, 0.5) is 5.69 Å². The van der Waals surface area contributed by atoms with Gasteiger partial charge in [-0.1, -0.05) is 19.1 Å². The van der Waals surface area contributed by atoms with Crippen molar-refractivity contribution >= 4 is 23.4 Å². The van der Waals surface area contributed by atoms with Crippen LogP contribution in [-0.4, -0.2) is 27.9 Å². The molecule has 0 radical (unpaired) electrons. The average Bonchev–Trinajstić information content (AvgIpc) is 2.88. The van der Waals surface area contributed by atoms with Crippen LogP contribution in [0.25, 0.3) is 0 Å². The van der Waals surface area contributed by atoms with Gasteiger partial charge < -0.3 is 10.6 Å². The Hall–Kier alpha value is -1.16. The van der Waals surface area contributed by atoms with E-state index in [-0.39, 0.29) is 4.75 Å². The van der Waals surface area contributed by atoms with Gasteiger partial charge in [-0.05, 0) is 49.6 Å². The molecule has 0 bridgehead atoms. The van der Waals surface area contributed by atoms with Crippen LogP contribution in [0, 0.1) is 0 Å². The molecule has 3 nitrogen and oxygen atoms in total. The summed E-state index contributed by atoms with van der Waals surface area (Å²) >= 11 is 1.81. The molecule has 1 aromatic rings. The van der Waals surface area contributed by atoms with Crippen molar-refractivity contribution < 1.29 is 4.79 Å². The maximum Gasteiger partial charge on any atom is 0.238 e. The molecule has 0 saturated carbocycles. The van der Waals surface area contributed by atoms with Crippen molar-refractivity contribution in [3.63, 3.8) is 0 Å². The van der Waals surface area contributed by atoms with Crippen molar-refractivity contribution in [1.82, 2.24) is 4.90 Å². The third kappa shape index (κ3) is 3.48. The lowest BCUT2D eigenvalue weighted by atomic mass is 10.0. The zero-order valence-corrected chi connectivity index (χ0v) is 13.2. The minimum Gasteiger partial charge on any atom is -0.399 e. The molecule has 0 aliphatic carbocycles. The number of thioether (sulfide) groups is 1. The molecule has 1 fully saturated rings. The molecule has 1 aromatic carbocycles. The van der Waals surface area contributed by atoms with Crippen LogP contribution in [0.15, 0.2) is 24.3 Å². The van der Waals surface area contributed by atoms with E-state index in [1.165, 1.54) is 0 Å². The molecule has 1 aliphatic heterocycles. The van der Waals surface area contributed by atoms with E-state index in [0.29, 0.717) is 12.5 Å². The van der Waals surface area contributed by atoms with E-state index in [1.807, 2.05) is 40.9 Å². The summed E-state index contributed by atoms with van der Waals surface area (Å²) < 4.78 is -0.219. The summed E-state index contributed by atoms with van der Waals surface area (Å²) in [5.41, 5.74) is 7.62. The smallest absolute Gasteiger partial charge is 0.238 e. The van der Waals surface area contributed by atoms with Gasteiger partial charge in [0, 0.05) is 18.8 Å². The second-order valence-electron chi connectivity index (χ2n) is 5.65. The molecule has 1 unspecified atom stereocenters. The predicted octanol–water partition coefficient (Wildman–Crippen LogP) is 3.29. The normalized spacial score (nSPS) is 21.9. The minimum absolute atomic E-state index is 0.219. The first-order chi connectivity index (χ1) is 9.55. The summed E-state index contributed by atoms with van der Waals surface area (Å²) in [7, 11) is 0. The van der Waals surface area contributed by atoms with Gasteiger partial charge in [0.15, 0.2) is 0 Å². The zero-order chi connectivity index (χ0) is 14.6. The summed E-state index contributed by atoms with van der Waals surface area (Å²) in [6.07, 6.45) is 3.13. The third-order valence-electron chi connectivity index (χ3n) is 3.81. The highest BCUT2D eigenvalue weighted by Gasteiger charge is 2.39. The van der Waals surface area contributed by atoms with Crippen LogP contribution in [0.5, 0.6) is 0 Å². The number of carbonyl (C=O) groups is 1. The number of anilines is 1. The number of hydrogen-bond acceptors (Lipinski definition) is 3. The summed E-state index contributed by atoms with van der Waals surface area (Å²) in [6, 6.07) is 7.82. The molecule has 4 heteroatoms. The molecular weight excluding hydrogens is 268 g/mol. The van der Waals surface area contributed by atoms with Gasteiger partial charge >= 0.3 is 0 Å². The molecule has 1 amide bonds. The first-order valence-electron chi connectivity index (χ1n) is 7.33. The van der Waals surface area contributed by atoms with Gasteiger partial charge in [0.2, 0.25) is 5.91 Å². The quantitative estimate of drug-likeness (QED) is 0.847. The highest BCUT2D eigenvalue weighted by atomic mass is 32.2. The maximum absolute atomic E-state index is 12.8. The monoisotopic (exact) mass is 292 g/mol. The molecule has 2 rings (SSSR count). The Kier molecular flexibility index (Phi) is 4.97. The molecule has 2 N–H and O–H groups in total. The third-order valence-corrected chi connectivity index (χ3v) is 5.31. The van der Waals surface area contributed by atoms with Crippen molar-refractivity contribution in [2.45, 2.75) is 44.4 Å². The Bertz CT molecular complexity index is 452. The largest absolute Gasteiger partial charge is 0.399 e. The standard InChI is InChI=1S/C16H24N2OS/c1-3-10-18(12-13-5-7-14(17)8-6-13)15(19)16(2)9-4-11-20-16/h5-8H,3-4,9-12,17H2,1-2H3.